The van der Waals surface area contributed by atoms with Crippen LogP contribution in [-0.4, -0.2) is 12.6 Å². The molecule has 112 valence electrons. The maximum absolute atomic E-state index is 3.56. The highest BCUT2D eigenvalue weighted by Crippen LogP contribution is 2.30. The van der Waals surface area contributed by atoms with Crippen molar-refractivity contribution in [3.05, 3.63) is 51.2 Å². The highest BCUT2D eigenvalue weighted by atomic mass is 32.1. The van der Waals surface area contributed by atoms with E-state index in [4.69, 9.17) is 0 Å². The second-order valence-electron chi connectivity index (χ2n) is 6.21. The van der Waals surface area contributed by atoms with Crippen LogP contribution in [0, 0.1) is 6.92 Å². The average Bonchev–Trinajstić information content (AvgIpc) is 2.92. The van der Waals surface area contributed by atoms with Gasteiger partial charge >= 0.3 is 0 Å². The molecule has 3 heteroatoms. The topological polar surface area (TPSA) is 15.3 Å². The molecule has 1 N–H and O–H groups in total. The monoisotopic (exact) mass is 300 g/mol. The molecule has 0 atom stereocenters. The standard InChI is InChI=1S/C18H24N2S/c1-13(2)19-11-16-10-14(3)4-5-17(16)20-8-6-18-15(12-20)7-9-21-18/h4-5,7,9-10,13,19H,6,8,11-12H2,1-3H3. The molecule has 0 fully saturated rings. The molecule has 0 saturated carbocycles. The van der Waals surface area contributed by atoms with Crippen molar-refractivity contribution in [1.29, 1.82) is 0 Å². The summed E-state index contributed by atoms with van der Waals surface area (Å²) in [6, 6.07) is 9.66. The van der Waals surface area contributed by atoms with Gasteiger partial charge in [0.25, 0.3) is 0 Å². The predicted octanol–water partition coefficient (Wildman–Crippen LogP) is 4.12. The van der Waals surface area contributed by atoms with Crippen molar-refractivity contribution in [2.45, 2.75) is 46.3 Å². The van der Waals surface area contributed by atoms with Crippen LogP contribution < -0.4 is 10.2 Å². The zero-order valence-corrected chi connectivity index (χ0v) is 14.0. The third kappa shape index (κ3) is 3.30. The van der Waals surface area contributed by atoms with Gasteiger partial charge in [-0.1, -0.05) is 31.5 Å². The number of nitrogens with one attached hydrogen (secondary N) is 1. The molecule has 0 aliphatic carbocycles. The number of rotatable bonds is 4. The lowest BCUT2D eigenvalue weighted by Crippen LogP contribution is -2.31. The van der Waals surface area contributed by atoms with Crippen LogP contribution in [0.4, 0.5) is 5.69 Å². The second kappa shape index (κ2) is 6.20. The molecule has 0 bridgehead atoms. The lowest BCUT2D eigenvalue weighted by Gasteiger charge is -2.31. The Hall–Kier alpha value is -1.32. The molecule has 0 saturated heterocycles. The fraction of sp³-hybridized carbons (Fsp3) is 0.444. The number of anilines is 1. The molecule has 0 unspecified atom stereocenters. The molecule has 2 nitrogen and oxygen atoms in total. The van der Waals surface area contributed by atoms with Crippen molar-refractivity contribution < 1.29 is 0 Å². The Labute approximate surface area is 131 Å². The normalized spacial score (nSPS) is 14.6. The summed E-state index contributed by atoms with van der Waals surface area (Å²) in [7, 11) is 0. The molecule has 21 heavy (non-hydrogen) atoms. The molecule has 1 aliphatic rings. The minimum atomic E-state index is 0.517. The number of nitrogens with zero attached hydrogens (tertiary/aromatic N) is 1. The largest absolute Gasteiger partial charge is 0.367 e. The maximum Gasteiger partial charge on any atom is 0.0440 e. The van der Waals surface area contributed by atoms with Gasteiger partial charge in [-0.3, -0.25) is 0 Å². The van der Waals surface area contributed by atoms with Crippen LogP contribution in [0.25, 0.3) is 0 Å². The zero-order valence-electron chi connectivity index (χ0n) is 13.1. The molecule has 1 aliphatic heterocycles. The summed E-state index contributed by atoms with van der Waals surface area (Å²) in [5.74, 6) is 0. The first kappa shape index (κ1) is 14.6. The molecule has 0 amide bonds. The highest BCUT2D eigenvalue weighted by Gasteiger charge is 2.19. The fourth-order valence-corrected chi connectivity index (χ4v) is 3.82. The lowest BCUT2D eigenvalue weighted by molar-refractivity contribution is 0.586. The number of thiophene rings is 1. The van der Waals surface area contributed by atoms with E-state index >= 15 is 0 Å². The lowest BCUT2D eigenvalue weighted by atomic mass is 10.0. The van der Waals surface area contributed by atoms with Crippen LogP contribution in [0.15, 0.2) is 29.6 Å². The Morgan fingerprint density at radius 2 is 2.14 bits per heavy atom. The van der Waals surface area contributed by atoms with Crippen LogP contribution in [-0.2, 0) is 19.5 Å². The van der Waals surface area contributed by atoms with Gasteiger partial charge < -0.3 is 10.2 Å². The van der Waals surface area contributed by atoms with Gasteiger partial charge in [0.15, 0.2) is 0 Å². The Kier molecular flexibility index (Phi) is 4.32. The minimum absolute atomic E-state index is 0.517. The van der Waals surface area contributed by atoms with Crippen molar-refractivity contribution in [2.24, 2.45) is 0 Å². The molecule has 2 aromatic rings. The van der Waals surface area contributed by atoms with Crippen molar-refractivity contribution in [3.8, 4) is 0 Å². The third-order valence-corrected chi connectivity index (χ3v) is 5.11. The van der Waals surface area contributed by atoms with E-state index in [1.807, 2.05) is 11.3 Å². The summed E-state index contributed by atoms with van der Waals surface area (Å²) in [6.45, 7) is 9.71. The molecule has 0 spiro atoms. The van der Waals surface area contributed by atoms with E-state index in [2.05, 4.69) is 60.6 Å². The molecular weight excluding hydrogens is 276 g/mol. The first-order valence-corrected chi connectivity index (χ1v) is 8.64. The van der Waals surface area contributed by atoms with Crippen molar-refractivity contribution in [2.75, 3.05) is 11.4 Å². The Bertz CT molecular complexity index is 615. The van der Waals surface area contributed by atoms with Gasteiger partial charge in [-0.05, 0) is 42.0 Å². The van der Waals surface area contributed by atoms with Gasteiger partial charge in [-0.2, -0.15) is 0 Å². The van der Waals surface area contributed by atoms with Crippen LogP contribution >= 0.6 is 11.3 Å². The van der Waals surface area contributed by atoms with E-state index in [1.54, 1.807) is 4.88 Å². The van der Waals surface area contributed by atoms with Crippen LogP contribution in [0.2, 0.25) is 0 Å². The minimum Gasteiger partial charge on any atom is -0.367 e. The molecule has 1 aromatic carbocycles. The summed E-state index contributed by atoms with van der Waals surface area (Å²) >= 11 is 1.90. The van der Waals surface area contributed by atoms with E-state index in [0.717, 1.165) is 19.6 Å². The first-order chi connectivity index (χ1) is 10.1. The van der Waals surface area contributed by atoms with Gasteiger partial charge in [-0.25, -0.2) is 0 Å². The molecule has 2 heterocycles. The van der Waals surface area contributed by atoms with Gasteiger partial charge in [0.05, 0.1) is 0 Å². The van der Waals surface area contributed by atoms with E-state index in [0.29, 0.717) is 6.04 Å². The Morgan fingerprint density at radius 1 is 1.29 bits per heavy atom. The summed E-state index contributed by atoms with van der Waals surface area (Å²) in [4.78, 5) is 4.10. The second-order valence-corrected chi connectivity index (χ2v) is 7.21. The Balaban J connectivity index is 1.84. The number of benzene rings is 1. The molecular formula is C18H24N2S. The third-order valence-electron chi connectivity index (χ3n) is 4.08. The highest BCUT2D eigenvalue weighted by molar-refractivity contribution is 7.10. The molecule has 0 radical (unpaired) electrons. The van der Waals surface area contributed by atoms with E-state index in [9.17, 15) is 0 Å². The summed E-state index contributed by atoms with van der Waals surface area (Å²) in [6.07, 6.45) is 1.18. The van der Waals surface area contributed by atoms with Gasteiger partial charge in [0.2, 0.25) is 0 Å². The number of aryl methyl sites for hydroxylation is 1. The van der Waals surface area contributed by atoms with Crippen LogP contribution in [0.3, 0.4) is 0 Å². The summed E-state index contributed by atoms with van der Waals surface area (Å²) < 4.78 is 0. The van der Waals surface area contributed by atoms with Crippen LogP contribution in [0.5, 0.6) is 0 Å². The predicted molar refractivity (Wildman–Crippen MR) is 92.2 cm³/mol. The number of hydrogen-bond donors (Lipinski definition) is 1. The number of fused-ring (bicyclic) bond motifs is 1. The van der Waals surface area contributed by atoms with Gasteiger partial charge in [0, 0.05) is 36.2 Å². The van der Waals surface area contributed by atoms with Crippen molar-refractivity contribution >= 4 is 17.0 Å². The maximum atomic E-state index is 3.56. The average molecular weight is 300 g/mol. The van der Waals surface area contributed by atoms with E-state index in [-0.39, 0.29) is 0 Å². The fourth-order valence-electron chi connectivity index (χ4n) is 2.93. The van der Waals surface area contributed by atoms with E-state index < -0.39 is 0 Å². The van der Waals surface area contributed by atoms with Gasteiger partial charge in [-0.15, -0.1) is 11.3 Å². The summed E-state index contributed by atoms with van der Waals surface area (Å²) in [5, 5.41) is 5.78. The number of hydrogen-bond acceptors (Lipinski definition) is 3. The van der Waals surface area contributed by atoms with Crippen molar-refractivity contribution in [3.63, 3.8) is 0 Å². The molecule has 3 rings (SSSR count). The van der Waals surface area contributed by atoms with Gasteiger partial charge in [0.1, 0.15) is 0 Å². The first-order valence-electron chi connectivity index (χ1n) is 7.76. The zero-order chi connectivity index (χ0) is 14.8. The smallest absolute Gasteiger partial charge is 0.0440 e. The SMILES string of the molecule is Cc1ccc(N2CCc3sccc3C2)c(CNC(C)C)c1. The molecule has 1 aromatic heterocycles. The Morgan fingerprint density at radius 3 is 2.95 bits per heavy atom. The quantitative estimate of drug-likeness (QED) is 0.914. The summed E-state index contributed by atoms with van der Waals surface area (Å²) in [5.41, 5.74) is 5.66. The van der Waals surface area contributed by atoms with Crippen molar-refractivity contribution in [1.82, 2.24) is 5.32 Å². The van der Waals surface area contributed by atoms with E-state index in [1.165, 1.54) is 28.8 Å². The van der Waals surface area contributed by atoms with Crippen LogP contribution in [0.1, 0.15) is 35.4 Å².